The molecule has 4 fully saturated rings. The van der Waals surface area contributed by atoms with Gasteiger partial charge in [0.25, 0.3) is 0 Å². The molecule has 0 aliphatic heterocycles. The van der Waals surface area contributed by atoms with Crippen molar-refractivity contribution < 1.29 is 14.7 Å². The van der Waals surface area contributed by atoms with Gasteiger partial charge in [0, 0.05) is 12.5 Å². The SMILES string of the molecule is O=C(NCC1(C(=O)O)CCCCC1)C1C2C3CCC(C3)C12. The molecule has 21 heavy (non-hydrogen) atoms. The maximum atomic E-state index is 12.4. The molecule has 0 radical (unpaired) electrons. The molecule has 4 rings (SSSR count). The van der Waals surface area contributed by atoms with Crippen molar-refractivity contribution in [2.24, 2.45) is 35.0 Å². The molecule has 2 N–H and O–H groups in total. The number of carbonyl (C=O) groups is 2. The Morgan fingerprint density at radius 3 is 2.24 bits per heavy atom. The summed E-state index contributed by atoms with van der Waals surface area (Å²) in [5.41, 5.74) is -0.698. The van der Waals surface area contributed by atoms with Crippen LogP contribution in [-0.2, 0) is 9.59 Å². The highest BCUT2D eigenvalue weighted by Crippen LogP contribution is 2.69. The number of carboxylic acids is 1. The van der Waals surface area contributed by atoms with Crippen LogP contribution in [0.2, 0.25) is 0 Å². The molecule has 4 nitrogen and oxygen atoms in total. The number of aliphatic carboxylic acids is 1. The molecule has 0 saturated heterocycles. The van der Waals surface area contributed by atoms with Crippen molar-refractivity contribution >= 4 is 11.9 Å². The highest BCUT2D eigenvalue weighted by Gasteiger charge is 2.67. The van der Waals surface area contributed by atoms with Crippen LogP contribution in [0.3, 0.4) is 0 Å². The van der Waals surface area contributed by atoms with Gasteiger partial charge in [0.15, 0.2) is 0 Å². The maximum Gasteiger partial charge on any atom is 0.311 e. The summed E-state index contributed by atoms with van der Waals surface area (Å²) in [6.07, 6.45) is 8.47. The van der Waals surface area contributed by atoms with Crippen LogP contribution in [0.5, 0.6) is 0 Å². The van der Waals surface area contributed by atoms with Gasteiger partial charge in [0.05, 0.1) is 5.41 Å². The third-order valence-corrected chi connectivity index (χ3v) is 6.90. The molecule has 4 atom stereocenters. The molecule has 116 valence electrons. The zero-order valence-corrected chi connectivity index (χ0v) is 12.5. The van der Waals surface area contributed by atoms with Crippen LogP contribution < -0.4 is 5.32 Å². The Morgan fingerprint density at radius 2 is 1.67 bits per heavy atom. The van der Waals surface area contributed by atoms with Crippen molar-refractivity contribution in [1.82, 2.24) is 5.32 Å². The molecule has 4 saturated carbocycles. The number of hydrogen-bond acceptors (Lipinski definition) is 2. The first-order chi connectivity index (χ1) is 10.1. The molecule has 2 bridgehead atoms. The van der Waals surface area contributed by atoms with Crippen molar-refractivity contribution in [3.8, 4) is 0 Å². The van der Waals surface area contributed by atoms with E-state index in [9.17, 15) is 14.7 Å². The Kier molecular flexibility index (Phi) is 3.05. The molecule has 4 aliphatic carbocycles. The van der Waals surface area contributed by atoms with Gasteiger partial charge < -0.3 is 10.4 Å². The van der Waals surface area contributed by atoms with Gasteiger partial charge in [0.1, 0.15) is 0 Å². The van der Waals surface area contributed by atoms with Crippen molar-refractivity contribution in [2.45, 2.75) is 51.4 Å². The number of fused-ring (bicyclic) bond motifs is 5. The average Bonchev–Trinajstić information content (AvgIpc) is 2.93. The largest absolute Gasteiger partial charge is 0.481 e. The lowest BCUT2D eigenvalue weighted by Gasteiger charge is -2.33. The number of nitrogens with one attached hydrogen (secondary N) is 1. The van der Waals surface area contributed by atoms with E-state index < -0.39 is 11.4 Å². The standard InChI is InChI=1S/C17H25NO3/c19-15(14-12-10-4-5-11(8-10)13(12)14)18-9-17(16(20)21)6-2-1-3-7-17/h10-14H,1-9H2,(H,18,19)(H,20,21). The van der Waals surface area contributed by atoms with Gasteiger partial charge in [-0.2, -0.15) is 0 Å². The Labute approximate surface area is 125 Å². The fourth-order valence-electron chi connectivity index (χ4n) is 5.74. The highest BCUT2D eigenvalue weighted by atomic mass is 16.4. The highest BCUT2D eigenvalue weighted by molar-refractivity contribution is 5.84. The second-order valence-electron chi connectivity index (χ2n) is 7.88. The molecule has 4 unspecified atom stereocenters. The van der Waals surface area contributed by atoms with Crippen LogP contribution in [-0.4, -0.2) is 23.5 Å². The van der Waals surface area contributed by atoms with Crippen LogP contribution in [0.1, 0.15) is 51.4 Å². The topological polar surface area (TPSA) is 66.4 Å². The quantitative estimate of drug-likeness (QED) is 0.836. The van der Waals surface area contributed by atoms with Crippen LogP contribution in [0.4, 0.5) is 0 Å². The predicted molar refractivity (Wildman–Crippen MR) is 77.5 cm³/mol. The van der Waals surface area contributed by atoms with E-state index in [4.69, 9.17) is 0 Å². The first-order valence-electron chi connectivity index (χ1n) is 8.63. The fraction of sp³-hybridized carbons (Fsp3) is 0.882. The van der Waals surface area contributed by atoms with Gasteiger partial charge in [-0.05, 0) is 55.8 Å². The Hall–Kier alpha value is -1.06. The zero-order chi connectivity index (χ0) is 14.6. The number of rotatable bonds is 4. The Balaban J connectivity index is 1.36. The third kappa shape index (κ3) is 2.01. The van der Waals surface area contributed by atoms with E-state index in [0.717, 1.165) is 31.1 Å². The van der Waals surface area contributed by atoms with E-state index >= 15 is 0 Å². The van der Waals surface area contributed by atoms with Gasteiger partial charge in [0.2, 0.25) is 5.91 Å². The van der Waals surface area contributed by atoms with E-state index in [2.05, 4.69) is 5.32 Å². The average molecular weight is 291 g/mol. The Morgan fingerprint density at radius 1 is 1.05 bits per heavy atom. The summed E-state index contributed by atoms with van der Waals surface area (Å²) >= 11 is 0. The van der Waals surface area contributed by atoms with Crippen molar-refractivity contribution in [3.63, 3.8) is 0 Å². The molecule has 4 heteroatoms. The number of hydrogen-bond donors (Lipinski definition) is 2. The fourth-order valence-corrected chi connectivity index (χ4v) is 5.74. The second kappa shape index (κ2) is 4.72. The van der Waals surface area contributed by atoms with Crippen LogP contribution in [0.15, 0.2) is 0 Å². The van der Waals surface area contributed by atoms with Gasteiger partial charge in [-0.3, -0.25) is 9.59 Å². The molecular weight excluding hydrogens is 266 g/mol. The monoisotopic (exact) mass is 291 g/mol. The van der Waals surface area contributed by atoms with Crippen LogP contribution >= 0.6 is 0 Å². The van der Waals surface area contributed by atoms with Gasteiger partial charge in [-0.15, -0.1) is 0 Å². The van der Waals surface area contributed by atoms with Crippen molar-refractivity contribution in [1.29, 1.82) is 0 Å². The van der Waals surface area contributed by atoms with Gasteiger partial charge in [-0.1, -0.05) is 19.3 Å². The van der Waals surface area contributed by atoms with E-state index in [1.165, 1.54) is 19.3 Å². The first-order valence-corrected chi connectivity index (χ1v) is 8.63. The lowest BCUT2D eigenvalue weighted by molar-refractivity contribution is -0.151. The molecule has 0 spiro atoms. The molecule has 0 aromatic heterocycles. The number of carbonyl (C=O) groups excluding carboxylic acids is 1. The predicted octanol–water partition coefficient (Wildman–Crippen LogP) is 2.43. The molecule has 4 aliphatic rings. The lowest BCUT2D eigenvalue weighted by atomic mass is 9.74. The minimum atomic E-state index is -0.724. The second-order valence-corrected chi connectivity index (χ2v) is 7.88. The van der Waals surface area contributed by atoms with Crippen molar-refractivity contribution in [3.05, 3.63) is 0 Å². The zero-order valence-electron chi connectivity index (χ0n) is 12.5. The summed E-state index contributed by atoms with van der Waals surface area (Å²) in [4.78, 5) is 24.1. The van der Waals surface area contributed by atoms with E-state index in [1.807, 2.05) is 0 Å². The molecule has 0 aromatic rings. The van der Waals surface area contributed by atoms with Gasteiger partial charge in [-0.25, -0.2) is 0 Å². The third-order valence-electron chi connectivity index (χ3n) is 6.90. The van der Waals surface area contributed by atoms with E-state index in [0.29, 0.717) is 31.2 Å². The summed E-state index contributed by atoms with van der Waals surface area (Å²) in [5, 5.41) is 12.6. The first kappa shape index (κ1) is 13.6. The minimum absolute atomic E-state index is 0.146. The van der Waals surface area contributed by atoms with E-state index in [1.54, 1.807) is 0 Å². The molecular formula is C17H25NO3. The summed E-state index contributed by atoms with van der Waals surface area (Å²) < 4.78 is 0. The molecule has 1 amide bonds. The van der Waals surface area contributed by atoms with Crippen molar-refractivity contribution in [2.75, 3.05) is 6.54 Å². The molecule has 0 aromatic carbocycles. The smallest absolute Gasteiger partial charge is 0.311 e. The Bertz CT molecular complexity index is 453. The van der Waals surface area contributed by atoms with Crippen LogP contribution in [0.25, 0.3) is 0 Å². The summed E-state index contributed by atoms with van der Waals surface area (Å²) in [6, 6.07) is 0. The lowest BCUT2D eigenvalue weighted by Crippen LogP contribution is -2.45. The maximum absolute atomic E-state index is 12.4. The van der Waals surface area contributed by atoms with Crippen LogP contribution in [0, 0.1) is 35.0 Å². The number of carboxylic acid groups (broad SMARTS) is 1. The molecule has 0 heterocycles. The number of amides is 1. The minimum Gasteiger partial charge on any atom is -0.481 e. The normalized spacial score (nSPS) is 42.4. The summed E-state index contributed by atoms with van der Waals surface area (Å²) in [7, 11) is 0. The summed E-state index contributed by atoms with van der Waals surface area (Å²) in [6.45, 7) is 0.340. The summed E-state index contributed by atoms with van der Waals surface area (Å²) in [5.74, 6) is 2.49. The van der Waals surface area contributed by atoms with E-state index in [-0.39, 0.29) is 11.8 Å². The van der Waals surface area contributed by atoms with Gasteiger partial charge >= 0.3 is 5.97 Å².